The van der Waals surface area contributed by atoms with E-state index in [1.54, 1.807) is 48.7 Å². The Kier molecular flexibility index (Phi) is 5.35. The molecule has 148 valence electrons. The molecule has 0 bridgehead atoms. The molecule has 0 fully saturated rings. The average molecular weight is 491 g/mol. The second kappa shape index (κ2) is 7.93. The Bertz CT molecular complexity index is 1250. The van der Waals surface area contributed by atoms with Crippen LogP contribution in [-0.4, -0.2) is 27.9 Å². The third kappa shape index (κ3) is 4.47. The molecule has 0 aliphatic heterocycles. The summed E-state index contributed by atoms with van der Waals surface area (Å²) >= 11 is 4.43. The summed E-state index contributed by atoms with van der Waals surface area (Å²) in [5, 5.41) is 3.18. The van der Waals surface area contributed by atoms with E-state index >= 15 is 0 Å². The molecule has 0 atom stereocenters. The Balaban J connectivity index is 1.48. The molecular weight excluding hydrogens is 476 g/mol. The quantitative estimate of drug-likeness (QED) is 0.416. The van der Waals surface area contributed by atoms with Crippen LogP contribution in [0.4, 0.5) is 17.2 Å². The number of anilines is 3. The van der Waals surface area contributed by atoms with Crippen molar-refractivity contribution in [2.45, 2.75) is 11.1 Å². The van der Waals surface area contributed by atoms with E-state index in [9.17, 15) is 8.42 Å². The first-order chi connectivity index (χ1) is 13.9. The fourth-order valence-corrected chi connectivity index (χ4v) is 5.65. The Labute approximate surface area is 179 Å². The number of hydrogen-bond acceptors (Lipinski definition) is 7. The number of nitrogens with zero attached hydrogens (tertiary/aromatic N) is 4. The molecule has 0 unspecified atom stereocenters. The van der Waals surface area contributed by atoms with Crippen molar-refractivity contribution in [2.75, 3.05) is 10.0 Å². The average Bonchev–Trinajstić information content (AvgIpc) is 3.32. The highest BCUT2D eigenvalue weighted by Gasteiger charge is 2.16. The van der Waals surface area contributed by atoms with Crippen molar-refractivity contribution in [1.29, 1.82) is 0 Å². The zero-order valence-electron chi connectivity index (χ0n) is 15.1. The molecule has 2 N–H and O–H groups in total. The van der Waals surface area contributed by atoms with Gasteiger partial charge in [-0.05, 0) is 59.3 Å². The number of aryl methyl sites for hydroxylation is 1. The summed E-state index contributed by atoms with van der Waals surface area (Å²) in [5.74, 6) is 2.13. The molecule has 29 heavy (non-hydrogen) atoms. The normalized spacial score (nSPS) is 11.4. The number of imidazole rings is 1. The fourth-order valence-electron chi connectivity index (χ4n) is 2.58. The Morgan fingerprint density at radius 2 is 1.79 bits per heavy atom. The van der Waals surface area contributed by atoms with Gasteiger partial charge in [-0.15, -0.1) is 11.3 Å². The summed E-state index contributed by atoms with van der Waals surface area (Å²) in [6, 6.07) is 12.0. The van der Waals surface area contributed by atoms with Crippen LogP contribution >= 0.6 is 27.3 Å². The zero-order chi connectivity index (χ0) is 20.4. The van der Waals surface area contributed by atoms with E-state index in [-0.39, 0.29) is 4.21 Å². The van der Waals surface area contributed by atoms with Gasteiger partial charge < -0.3 is 5.32 Å². The van der Waals surface area contributed by atoms with Gasteiger partial charge in [-0.25, -0.2) is 23.4 Å². The molecule has 0 saturated heterocycles. The topological polar surface area (TPSA) is 102 Å². The van der Waals surface area contributed by atoms with E-state index in [0.29, 0.717) is 17.3 Å². The van der Waals surface area contributed by atoms with Gasteiger partial charge in [-0.1, -0.05) is 0 Å². The number of nitrogens with one attached hydrogen (secondary N) is 2. The van der Waals surface area contributed by atoms with Crippen LogP contribution in [0, 0.1) is 6.92 Å². The predicted molar refractivity (Wildman–Crippen MR) is 116 cm³/mol. The maximum Gasteiger partial charge on any atom is 0.271 e. The van der Waals surface area contributed by atoms with Gasteiger partial charge in [0, 0.05) is 29.8 Å². The summed E-state index contributed by atoms with van der Waals surface area (Å²) in [6.45, 7) is 1.89. The van der Waals surface area contributed by atoms with Gasteiger partial charge >= 0.3 is 0 Å². The molecule has 8 nitrogen and oxygen atoms in total. The number of benzene rings is 1. The van der Waals surface area contributed by atoms with Gasteiger partial charge in [-0.3, -0.25) is 9.29 Å². The van der Waals surface area contributed by atoms with E-state index in [2.05, 4.69) is 40.9 Å². The van der Waals surface area contributed by atoms with E-state index in [0.717, 1.165) is 26.6 Å². The lowest BCUT2D eigenvalue weighted by Gasteiger charge is -2.10. The third-order valence-corrected chi connectivity index (χ3v) is 7.44. The number of halogens is 1. The Hall–Kier alpha value is -2.76. The maximum atomic E-state index is 12.4. The summed E-state index contributed by atoms with van der Waals surface area (Å²) < 4.78 is 30.2. The van der Waals surface area contributed by atoms with E-state index in [1.165, 1.54) is 6.33 Å². The second-order valence-electron chi connectivity index (χ2n) is 5.97. The van der Waals surface area contributed by atoms with Gasteiger partial charge in [0.05, 0.1) is 3.79 Å². The molecule has 11 heteroatoms. The minimum Gasteiger partial charge on any atom is -0.340 e. The van der Waals surface area contributed by atoms with Gasteiger partial charge in [0.25, 0.3) is 10.0 Å². The highest BCUT2D eigenvalue weighted by Crippen LogP contribution is 2.28. The molecular formula is C18H15BrN6O2S2. The molecule has 4 aromatic rings. The van der Waals surface area contributed by atoms with Crippen LogP contribution in [0.15, 0.2) is 69.2 Å². The summed E-state index contributed by atoms with van der Waals surface area (Å²) in [6.07, 6.45) is 5.01. The molecule has 0 radical (unpaired) electrons. The summed E-state index contributed by atoms with van der Waals surface area (Å²) in [7, 11) is -3.61. The Morgan fingerprint density at radius 1 is 1.03 bits per heavy atom. The molecule has 1 aromatic carbocycles. The number of sulfonamides is 1. The SMILES string of the molecule is Cc1nccn1-c1cc(Nc2ccc(NS(=O)(=O)c3ccc(Br)s3)cc2)ncn1. The molecule has 0 saturated carbocycles. The third-order valence-electron chi connectivity index (χ3n) is 3.95. The van der Waals surface area contributed by atoms with Crippen molar-refractivity contribution in [3.8, 4) is 5.82 Å². The maximum absolute atomic E-state index is 12.4. The van der Waals surface area contributed by atoms with Crippen LogP contribution in [0.2, 0.25) is 0 Å². The minimum atomic E-state index is -3.61. The number of hydrogen-bond donors (Lipinski definition) is 2. The largest absolute Gasteiger partial charge is 0.340 e. The molecule has 0 spiro atoms. The summed E-state index contributed by atoms with van der Waals surface area (Å²) in [4.78, 5) is 12.7. The van der Waals surface area contributed by atoms with Crippen LogP contribution in [0.1, 0.15) is 5.82 Å². The predicted octanol–water partition coefficient (Wildman–Crippen LogP) is 4.34. The second-order valence-corrected chi connectivity index (χ2v) is 10.3. The monoisotopic (exact) mass is 490 g/mol. The molecule has 4 rings (SSSR count). The fraction of sp³-hybridized carbons (Fsp3) is 0.0556. The van der Waals surface area contributed by atoms with Crippen LogP contribution < -0.4 is 10.0 Å². The first kappa shape index (κ1) is 19.6. The highest BCUT2D eigenvalue weighted by molar-refractivity contribution is 9.11. The zero-order valence-corrected chi connectivity index (χ0v) is 18.3. The Morgan fingerprint density at radius 3 is 2.45 bits per heavy atom. The van der Waals surface area contributed by atoms with Crippen molar-refractivity contribution in [3.05, 3.63) is 70.8 Å². The lowest BCUT2D eigenvalue weighted by atomic mass is 10.3. The van der Waals surface area contributed by atoms with Crippen molar-refractivity contribution in [3.63, 3.8) is 0 Å². The molecule has 3 aromatic heterocycles. The lowest BCUT2D eigenvalue weighted by molar-refractivity contribution is 0.603. The van der Waals surface area contributed by atoms with Gasteiger partial charge in [-0.2, -0.15) is 0 Å². The molecule has 0 aliphatic rings. The van der Waals surface area contributed by atoms with Crippen molar-refractivity contribution in [2.24, 2.45) is 0 Å². The first-order valence-electron chi connectivity index (χ1n) is 8.38. The van der Waals surface area contributed by atoms with E-state index in [4.69, 9.17) is 0 Å². The smallest absolute Gasteiger partial charge is 0.271 e. The minimum absolute atomic E-state index is 0.245. The van der Waals surface area contributed by atoms with E-state index < -0.39 is 10.0 Å². The van der Waals surface area contributed by atoms with Gasteiger partial charge in [0.2, 0.25) is 0 Å². The lowest BCUT2D eigenvalue weighted by Crippen LogP contribution is -2.11. The van der Waals surface area contributed by atoms with Crippen LogP contribution in [0.25, 0.3) is 5.82 Å². The van der Waals surface area contributed by atoms with Crippen molar-refractivity contribution in [1.82, 2.24) is 19.5 Å². The van der Waals surface area contributed by atoms with Crippen LogP contribution in [0.5, 0.6) is 0 Å². The highest BCUT2D eigenvalue weighted by atomic mass is 79.9. The number of thiophene rings is 1. The standard InChI is InChI=1S/C18H15BrN6O2S2/c1-12-20-8-9-25(12)17-10-16(21-11-22-17)23-13-2-4-14(5-3-13)24-29(26,27)18-7-6-15(19)28-18/h2-11,24H,1H3,(H,21,22,23). The van der Waals surface area contributed by atoms with Crippen molar-refractivity contribution < 1.29 is 8.42 Å². The van der Waals surface area contributed by atoms with Crippen LogP contribution in [0.3, 0.4) is 0 Å². The van der Waals surface area contributed by atoms with Gasteiger partial charge in [0.15, 0.2) is 0 Å². The molecule has 0 amide bonds. The van der Waals surface area contributed by atoms with E-state index in [1.807, 2.05) is 17.7 Å². The molecule has 0 aliphatic carbocycles. The number of rotatable bonds is 6. The number of aromatic nitrogens is 4. The summed E-state index contributed by atoms with van der Waals surface area (Å²) in [5.41, 5.74) is 1.23. The van der Waals surface area contributed by atoms with Crippen LogP contribution in [-0.2, 0) is 10.0 Å². The first-order valence-corrected chi connectivity index (χ1v) is 11.5. The van der Waals surface area contributed by atoms with Gasteiger partial charge in [0.1, 0.15) is 28.0 Å². The molecule has 3 heterocycles. The van der Waals surface area contributed by atoms with Crippen molar-refractivity contribution >= 4 is 54.5 Å².